The predicted molar refractivity (Wildman–Crippen MR) is 369 cm³/mol. The van der Waals surface area contributed by atoms with Gasteiger partial charge in [0.25, 0.3) is 0 Å². The number of rotatable bonds is 54. The van der Waals surface area contributed by atoms with E-state index in [0.717, 1.165) is 72.9 Å². The Morgan fingerprint density at radius 3 is 0.659 bits per heavy atom. The van der Waals surface area contributed by atoms with Crippen LogP contribution in [0.4, 0.5) is 0 Å². The summed E-state index contributed by atoms with van der Waals surface area (Å²) < 4.78 is 72.9. The molecule has 0 aromatic heterocycles. The first kappa shape index (κ1) is 79.6. The van der Waals surface area contributed by atoms with E-state index in [9.17, 15) is 25.9 Å². The molecule has 4 aromatic carbocycles. The second kappa shape index (κ2) is 52.1. The van der Waals surface area contributed by atoms with Crippen molar-refractivity contribution in [2.75, 3.05) is 0 Å². The Balaban J connectivity index is 0.000000573. The summed E-state index contributed by atoms with van der Waals surface area (Å²) in [7, 11) is -8.99. The number of unbranched alkanes of at least 4 members (excludes halogenated alkanes) is 44. The van der Waals surface area contributed by atoms with E-state index in [1.54, 1.807) is 12.1 Å². The van der Waals surface area contributed by atoms with Gasteiger partial charge in [0, 0.05) is 0 Å². The second-order valence-corrected chi connectivity index (χ2v) is 28.4. The summed E-state index contributed by atoms with van der Waals surface area (Å²) in [5.74, 6) is 0. The van der Waals surface area contributed by atoms with Crippen LogP contribution in [0, 0.1) is 0 Å². The molecule has 0 aliphatic heterocycles. The fraction of sp³-hybridized carbons (Fsp3) is 0.737. The minimum absolute atomic E-state index is 0. The van der Waals surface area contributed by atoms with Crippen LogP contribution in [0.5, 0.6) is 0 Å². The molecule has 0 fully saturated rings. The van der Waals surface area contributed by atoms with Crippen molar-refractivity contribution in [3.05, 3.63) is 82.9 Å². The fourth-order valence-electron chi connectivity index (χ4n) is 12.6. The van der Waals surface area contributed by atoms with Crippen molar-refractivity contribution in [1.29, 1.82) is 0 Å². The van der Waals surface area contributed by atoms with Gasteiger partial charge >= 0.3 is 37.7 Å². The van der Waals surface area contributed by atoms with Crippen molar-refractivity contribution in [2.24, 2.45) is 0 Å². The molecule has 0 spiro atoms. The molecule has 0 N–H and O–H groups in total. The average Bonchev–Trinajstić information content (AvgIpc) is 2.59. The van der Waals surface area contributed by atoms with Crippen LogP contribution in [0.3, 0.4) is 0 Å². The van der Waals surface area contributed by atoms with Crippen LogP contribution in [0.1, 0.15) is 358 Å². The molecular weight excluding hydrogens is 1110 g/mol. The molecule has 4 rings (SSSR count). The van der Waals surface area contributed by atoms with Crippen LogP contribution in [0.2, 0.25) is 0 Å². The molecule has 480 valence electrons. The van der Waals surface area contributed by atoms with E-state index in [1.165, 1.54) is 281 Å². The van der Waals surface area contributed by atoms with Gasteiger partial charge in [-0.05, 0) is 119 Å². The van der Waals surface area contributed by atoms with Crippen LogP contribution in [-0.2, 0) is 45.9 Å². The second-order valence-electron chi connectivity index (χ2n) is 25.7. The summed E-state index contributed by atoms with van der Waals surface area (Å²) in [6.07, 6.45) is 66.0. The third-order valence-electron chi connectivity index (χ3n) is 17.9. The maximum absolute atomic E-state index is 12.1. The van der Waals surface area contributed by atoms with E-state index in [4.69, 9.17) is 0 Å². The van der Waals surface area contributed by atoms with Gasteiger partial charge in [0.1, 0.15) is 20.2 Å². The van der Waals surface area contributed by atoms with E-state index in [2.05, 4.69) is 64.1 Å². The van der Waals surface area contributed by atoms with Gasteiger partial charge in [-0.3, -0.25) is 0 Å². The molecule has 0 amide bonds. The first-order valence-corrected chi connectivity index (χ1v) is 38.8. The Morgan fingerprint density at radius 1 is 0.247 bits per heavy atom. The SMILES string of the molecule is CCCCCCCCCCCCCCc1ccc2cc(CCCCCCCCCCCCCC)c(S(=O)(=O)[O-])cc2c1.CCCCCCCCCCCCCCc1ccc2cc(CCCCCCCCCCCCCC)c(S(=O)(=O)[O-])cc2c1.[Ca+2]. The molecule has 0 heterocycles. The molecule has 0 radical (unpaired) electrons. The molecule has 4 aromatic rings. The Kier molecular flexibility index (Phi) is 48.8. The van der Waals surface area contributed by atoms with E-state index in [-0.39, 0.29) is 47.5 Å². The summed E-state index contributed by atoms with van der Waals surface area (Å²) in [6.45, 7) is 9.06. The van der Waals surface area contributed by atoms with Crippen molar-refractivity contribution < 1.29 is 25.9 Å². The Hall–Kier alpha value is -1.52. The van der Waals surface area contributed by atoms with Gasteiger partial charge in [0.05, 0.1) is 9.79 Å². The van der Waals surface area contributed by atoms with Gasteiger partial charge in [-0.1, -0.05) is 347 Å². The zero-order valence-corrected chi connectivity index (χ0v) is 59.4. The van der Waals surface area contributed by atoms with Crippen molar-refractivity contribution in [3.8, 4) is 0 Å². The maximum atomic E-state index is 12.1. The number of fused-ring (bicyclic) bond motifs is 2. The minimum Gasteiger partial charge on any atom is -0.744 e. The molecular formula is C76H126CaO6S2. The standard InChI is InChI=1S/2C38H64O3S.Ca/c2*1-3-5-7-9-11-13-15-17-19-21-23-25-27-34-29-30-35-32-36(38(42(39,40)41)33-37(35)31-34)28-26-24-22-20-18-16-14-12-10-8-6-4-2;/h2*29-33H,3-28H2,1-2H3,(H,39,40,41);/q;;+2/p-2. The molecule has 6 nitrogen and oxygen atoms in total. The van der Waals surface area contributed by atoms with Crippen molar-refractivity contribution in [2.45, 2.75) is 371 Å². The summed E-state index contributed by atoms with van der Waals surface area (Å²) in [5.41, 5.74) is 3.85. The van der Waals surface area contributed by atoms with Gasteiger partial charge in [-0.15, -0.1) is 0 Å². The third-order valence-corrected chi connectivity index (χ3v) is 19.8. The molecule has 9 heteroatoms. The smallest absolute Gasteiger partial charge is 0.744 e. The predicted octanol–water partition coefficient (Wildman–Crippen LogP) is 24.1. The van der Waals surface area contributed by atoms with Gasteiger partial charge in [0.15, 0.2) is 0 Å². The van der Waals surface area contributed by atoms with E-state index in [1.807, 2.05) is 12.1 Å². The number of aryl methyl sites for hydroxylation is 4. The normalized spacial score (nSPS) is 11.8. The first-order valence-electron chi connectivity index (χ1n) is 35.9. The number of benzene rings is 4. The Morgan fingerprint density at radius 2 is 0.447 bits per heavy atom. The average molecular weight is 1240 g/mol. The fourth-order valence-corrected chi connectivity index (χ4v) is 14.1. The largest absolute Gasteiger partial charge is 2.00 e. The summed E-state index contributed by atoms with van der Waals surface area (Å²) in [6, 6.07) is 19.9. The zero-order chi connectivity index (χ0) is 60.6. The van der Waals surface area contributed by atoms with Crippen molar-refractivity contribution in [1.82, 2.24) is 0 Å². The molecule has 0 atom stereocenters. The van der Waals surface area contributed by atoms with Crippen LogP contribution in [0.25, 0.3) is 21.5 Å². The Labute approximate surface area is 555 Å². The first-order chi connectivity index (χ1) is 40.9. The van der Waals surface area contributed by atoms with Gasteiger partial charge in [-0.25, -0.2) is 16.8 Å². The maximum Gasteiger partial charge on any atom is 2.00 e. The van der Waals surface area contributed by atoms with E-state index < -0.39 is 20.2 Å². The molecule has 85 heavy (non-hydrogen) atoms. The molecule has 0 aliphatic rings. The third kappa shape index (κ3) is 39.4. The van der Waals surface area contributed by atoms with E-state index >= 15 is 0 Å². The van der Waals surface area contributed by atoms with Crippen LogP contribution in [0.15, 0.2) is 70.5 Å². The van der Waals surface area contributed by atoms with Crippen LogP contribution in [-0.4, -0.2) is 63.7 Å². The zero-order valence-electron chi connectivity index (χ0n) is 55.5. The van der Waals surface area contributed by atoms with Gasteiger partial charge in [0.2, 0.25) is 0 Å². The molecule has 0 saturated carbocycles. The Bertz CT molecular complexity index is 2300. The quantitative estimate of drug-likeness (QED) is 0.0247. The van der Waals surface area contributed by atoms with Gasteiger partial charge < -0.3 is 9.11 Å². The van der Waals surface area contributed by atoms with Crippen molar-refractivity contribution >= 4 is 79.5 Å². The summed E-state index contributed by atoms with van der Waals surface area (Å²) >= 11 is 0. The molecule has 0 bridgehead atoms. The van der Waals surface area contributed by atoms with Crippen molar-refractivity contribution in [3.63, 3.8) is 0 Å². The van der Waals surface area contributed by atoms with E-state index in [0.29, 0.717) is 24.0 Å². The van der Waals surface area contributed by atoms with Crippen LogP contribution >= 0.6 is 0 Å². The number of hydrogen-bond donors (Lipinski definition) is 0. The molecule has 0 saturated heterocycles. The van der Waals surface area contributed by atoms with Gasteiger partial charge in [-0.2, -0.15) is 0 Å². The molecule has 0 aliphatic carbocycles. The topological polar surface area (TPSA) is 114 Å². The molecule has 0 unspecified atom stereocenters. The minimum atomic E-state index is -4.49. The monoisotopic (exact) mass is 1240 g/mol. The summed E-state index contributed by atoms with van der Waals surface area (Å²) in [5, 5.41) is 3.82. The summed E-state index contributed by atoms with van der Waals surface area (Å²) in [4.78, 5) is -0.0267. The van der Waals surface area contributed by atoms with Crippen LogP contribution < -0.4 is 0 Å². The number of hydrogen-bond acceptors (Lipinski definition) is 6.